The highest BCUT2D eigenvalue weighted by molar-refractivity contribution is 5.65. The Morgan fingerprint density at radius 2 is 1.93 bits per heavy atom. The molecular weight excluding hydrogens is 349 g/mol. The minimum Gasteiger partial charge on any atom is -0.465 e. The number of rotatable bonds is 9. The van der Waals surface area contributed by atoms with Crippen molar-refractivity contribution < 1.29 is 19.4 Å². The van der Waals surface area contributed by atoms with E-state index in [2.05, 4.69) is 15.6 Å². The van der Waals surface area contributed by atoms with E-state index in [1.165, 1.54) is 20.0 Å². The first-order chi connectivity index (χ1) is 12.8. The fourth-order valence-corrected chi connectivity index (χ4v) is 2.73. The molecule has 0 radical (unpaired) electrons. The van der Waals surface area contributed by atoms with E-state index in [1.54, 1.807) is 12.3 Å². The number of alkyl halides is 1. The Labute approximate surface area is 158 Å². The summed E-state index contributed by atoms with van der Waals surface area (Å²) in [6.07, 6.45) is 1.40. The second-order valence-corrected chi connectivity index (χ2v) is 7.00. The lowest BCUT2D eigenvalue weighted by Crippen LogP contribution is -2.48. The molecule has 2 rings (SSSR count). The van der Waals surface area contributed by atoms with Crippen LogP contribution in [0.4, 0.5) is 9.18 Å². The van der Waals surface area contributed by atoms with E-state index < -0.39 is 23.9 Å². The Hall–Kier alpha value is -2.51. The van der Waals surface area contributed by atoms with Gasteiger partial charge >= 0.3 is 6.09 Å². The summed E-state index contributed by atoms with van der Waals surface area (Å²) in [6.45, 7) is 3.51. The zero-order valence-corrected chi connectivity index (χ0v) is 15.5. The molecule has 2 atom stereocenters. The molecule has 0 spiro atoms. The highest BCUT2D eigenvalue weighted by Crippen LogP contribution is 2.24. The zero-order valence-electron chi connectivity index (χ0n) is 15.5. The van der Waals surface area contributed by atoms with Gasteiger partial charge in [-0.3, -0.25) is 4.98 Å². The third kappa shape index (κ3) is 6.96. The van der Waals surface area contributed by atoms with Gasteiger partial charge in [0.25, 0.3) is 0 Å². The smallest absolute Gasteiger partial charge is 0.404 e. The number of aliphatic hydroxyl groups is 1. The molecule has 1 amide bonds. The van der Waals surface area contributed by atoms with Crippen molar-refractivity contribution in [3.63, 3.8) is 0 Å². The van der Waals surface area contributed by atoms with Crippen LogP contribution in [0.5, 0.6) is 0 Å². The van der Waals surface area contributed by atoms with Crippen molar-refractivity contribution in [1.82, 2.24) is 15.6 Å². The summed E-state index contributed by atoms with van der Waals surface area (Å²) in [5, 5.41) is 24.9. The third-order valence-electron chi connectivity index (χ3n) is 4.24. The topological polar surface area (TPSA) is 94.5 Å². The summed E-state index contributed by atoms with van der Waals surface area (Å²) in [6, 6.07) is 10.4. The predicted molar refractivity (Wildman–Crippen MR) is 101 cm³/mol. The Morgan fingerprint density at radius 3 is 2.56 bits per heavy atom. The van der Waals surface area contributed by atoms with Gasteiger partial charge in [0.05, 0.1) is 12.1 Å². The molecule has 0 aliphatic rings. The van der Waals surface area contributed by atoms with Gasteiger partial charge in [-0.1, -0.05) is 30.3 Å². The average molecular weight is 375 g/mol. The fraction of sp³-hybridized carbons (Fsp3) is 0.400. The largest absolute Gasteiger partial charge is 0.465 e. The SMILES string of the molecule is CC(C)(F)c1cncc(CNC[C@H](O)[C@H](Cc2ccccc2)NC(=O)O)c1. The minimum atomic E-state index is -1.48. The molecule has 1 aromatic heterocycles. The predicted octanol–water partition coefficient (Wildman–Crippen LogP) is 2.62. The van der Waals surface area contributed by atoms with E-state index >= 15 is 0 Å². The number of pyridine rings is 1. The Kier molecular flexibility index (Phi) is 7.27. The molecule has 6 nitrogen and oxygen atoms in total. The second-order valence-electron chi connectivity index (χ2n) is 7.00. The lowest BCUT2D eigenvalue weighted by atomic mass is 10.0. The Bertz CT molecular complexity index is 735. The molecule has 7 heteroatoms. The van der Waals surface area contributed by atoms with Gasteiger partial charge in [-0.15, -0.1) is 0 Å². The zero-order chi connectivity index (χ0) is 19.9. The number of aliphatic hydroxyl groups excluding tert-OH is 1. The first kappa shape index (κ1) is 20.8. The molecular formula is C20H26FN3O3. The number of hydrogen-bond acceptors (Lipinski definition) is 4. The summed E-state index contributed by atoms with van der Waals surface area (Å²) < 4.78 is 14.0. The van der Waals surface area contributed by atoms with Crippen LogP contribution in [0.3, 0.4) is 0 Å². The molecule has 2 aromatic rings. The highest BCUT2D eigenvalue weighted by Gasteiger charge is 2.22. The van der Waals surface area contributed by atoms with Crippen molar-refractivity contribution in [3.05, 3.63) is 65.5 Å². The Morgan fingerprint density at radius 1 is 1.22 bits per heavy atom. The van der Waals surface area contributed by atoms with Crippen molar-refractivity contribution in [2.75, 3.05) is 6.54 Å². The molecule has 0 saturated heterocycles. The summed E-state index contributed by atoms with van der Waals surface area (Å²) in [5.74, 6) is 0. The van der Waals surface area contributed by atoms with E-state index in [0.29, 0.717) is 18.5 Å². The van der Waals surface area contributed by atoms with E-state index in [-0.39, 0.29) is 6.54 Å². The molecule has 0 aliphatic heterocycles. The van der Waals surface area contributed by atoms with Crippen molar-refractivity contribution in [3.8, 4) is 0 Å². The molecule has 1 heterocycles. The number of carbonyl (C=O) groups is 1. The number of aromatic nitrogens is 1. The number of nitrogens with one attached hydrogen (secondary N) is 2. The van der Waals surface area contributed by atoms with Crippen molar-refractivity contribution >= 4 is 6.09 Å². The summed E-state index contributed by atoms with van der Waals surface area (Å²) in [7, 11) is 0. The first-order valence-corrected chi connectivity index (χ1v) is 8.81. The van der Waals surface area contributed by atoms with Gasteiger partial charge in [-0.05, 0) is 37.5 Å². The van der Waals surface area contributed by atoms with Crippen molar-refractivity contribution in [2.45, 2.75) is 44.6 Å². The maximum Gasteiger partial charge on any atom is 0.404 e. The van der Waals surface area contributed by atoms with Gasteiger partial charge in [-0.25, -0.2) is 9.18 Å². The van der Waals surface area contributed by atoms with Gasteiger partial charge in [-0.2, -0.15) is 0 Å². The van der Waals surface area contributed by atoms with Crippen LogP contribution in [0.15, 0.2) is 48.8 Å². The van der Waals surface area contributed by atoms with Crippen LogP contribution in [-0.4, -0.2) is 40.0 Å². The van der Waals surface area contributed by atoms with Crippen LogP contribution in [0.25, 0.3) is 0 Å². The first-order valence-electron chi connectivity index (χ1n) is 8.81. The van der Waals surface area contributed by atoms with Gasteiger partial charge in [0.15, 0.2) is 0 Å². The quantitative estimate of drug-likeness (QED) is 0.541. The fourth-order valence-electron chi connectivity index (χ4n) is 2.73. The van der Waals surface area contributed by atoms with Crippen LogP contribution in [-0.2, 0) is 18.6 Å². The van der Waals surface area contributed by atoms with E-state index in [9.17, 15) is 14.3 Å². The summed E-state index contributed by atoms with van der Waals surface area (Å²) in [5.41, 5.74) is 0.722. The molecule has 27 heavy (non-hydrogen) atoms. The monoisotopic (exact) mass is 375 g/mol. The Balaban J connectivity index is 1.93. The van der Waals surface area contributed by atoms with Crippen LogP contribution < -0.4 is 10.6 Å². The maximum absolute atomic E-state index is 14.0. The molecule has 0 aliphatic carbocycles. The van der Waals surface area contributed by atoms with Crippen LogP contribution in [0.2, 0.25) is 0 Å². The third-order valence-corrected chi connectivity index (χ3v) is 4.24. The van der Waals surface area contributed by atoms with Gasteiger partial charge < -0.3 is 20.8 Å². The number of benzene rings is 1. The maximum atomic E-state index is 14.0. The summed E-state index contributed by atoms with van der Waals surface area (Å²) in [4.78, 5) is 15.1. The molecule has 0 bridgehead atoms. The van der Waals surface area contributed by atoms with Crippen LogP contribution in [0.1, 0.15) is 30.5 Å². The van der Waals surface area contributed by atoms with E-state index in [4.69, 9.17) is 5.11 Å². The lowest BCUT2D eigenvalue weighted by molar-refractivity contribution is 0.117. The number of amides is 1. The molecule has 1 aromatic carbocycles. The van der Waals surface area contributed by atoms with Gasteiger partial charge in [0, 0.05) is 31.0 Å². The van der Waals surface area contributed by atoms with Crippen molar-refractivity contribution in [2.24, 2.45) is 0 Å². The average Bonchev–Trinajstić information content (AvgIpc) is 2.61. The number of carboxylic acid groups (broad SMARTS) is 1. The molecule has 146 valence electrons. The van der Waals surface area contributed by atoms with Crippen LogP contribution in [0, 0.1) is 0 Å². The van der Waals surface area contributed by atoms with Crippen LogP contribution >= 0.6 is 0 Å². The molecule has 0 saturated carbocycles. The van der Waals surface area contributed by atoms with Crippen molar-refractivity contribution in [1.29, 1.82) is 0 Å². The molecule has 0 unspecified atom stereocenters. The highest BCUT2D eigenvalue weighted by atomic mass is 19.1. The number of nitrogens with zero attached hydrogens (tertiary/aromatic N) is 1. The second kappa shape index (κ2) is 9.43. The van der Waals surface area contributed by atoms with E-state index in [1.807, 2.05) is 30.3 Å². The van der Waals surface area contributed by atoms with Gasteiger partial charge in [0.1, 0.15) is 5.67 Å². The number of halogens is 1. The lowest BCUT2D eigenvalue weighted by Gasteiger charge is -2.23. The summed E-state index contributed by atoms with van der Waals surface area (Å²) >= 11 is 0. The molecule has 0 fully saturated rings. The molecule has 4 N–H and O–H groups in total. The normalized spacial score (nSPS) is 13.8. The minimum absolute atomic E-state index is 0.182. The number of hydrogen-bond donors (Lipinski definition) is 4. The van der Waals surface area contributed by atoms with E-state index in [0.717, 1.165) is 11.1 Å². The van der Waals surface area contributed by atoms with Gasteiger partial charge in [0.2, 0.25) is 0 Å². The standard InChI is InChI=1S/C20H26FN3O3/c1-20(2,21)16-8-15(10-22-12-16)11-23-13-18(25)17(24-19(26)27)9-14-6-4-3-5-7-14/h3-8,10,12,17-18,23-25H,9,11,13H2,1-2H3,(H,26,27)/t17-,18-/m0/s1.